The van der Waals surface area contributed by atoms with E-state index in [0.29, 0.717) is 33.1 Å². The fourth-order valence-electron chi connectivity index (χ4n) is 2.94. The van der Waals surface area contributed by atoms with Crippen molar-refractivity contribution in [1.82, 2.24) is 20.2 Å². The Morgan fingerprint density at radius 2 is 2.06 bits per heavy atom. The van der Waals surface area contributed by atoms with Crippen molar-refractivity contribution in [3.63, 3.8) is 0 Å². The van der Waals surface area contributed by atoms with Crippen LogP contribution in [0.5, 0.6) is 11.5 Å². The van der Waals surface area contributed by atoms with Crippen molar-refractivity contribution >= 4 is 35.0 Å². The van der Waals surface area contributed by atoms with E-state index in [4.69, 9.17) is 26.3 Å². The van der Waals surface area contributed by atoms with E-state index in [1.807, 2.05) is 13.0 Å². The second-order valence-corrected chi connectivity index (χ2v) is 7.94. The standard InChI is InChI=1S/C21H21ClN6O3S/c1-14-11-15(5-7-17(14)22)27(10-4-9-23)20(29)13-32-21-24-25-26-28(21)18-12-16(30-2)6-8-19(18)31-3/h5-8,11-12H,4,10,13H2,1-3H3. The van der Waals surface area contributed by atoms with Crippen molar-refractivity contribution in [2.45, 2.75) is 18.5 Å². The van der Waals surface area contributed by atoms with E-state index in [9.17, 15) is 4.79 Å². The summed E-state index contributed by atoms with van der Waals surface area (Å²) in [5, 5.41) is 21.9. The van der Waals surface area contributed by atoms with Crippen LogP contribution in [0.3, 0.4) is 0 Å². The maximum absolute atomic E-state index is 13.1. The number of ether oxygens (including phenoxy) is 2. The molecule has 0 unspecified atom stereocenters. The van der Waals surface area contributed by atoms with E-state index < -0.39 is 0 Å². The van der Waals surface area contributed by atoms with Gasteiger partial charge in [0.15, 0.2) is 0 Å². The summed E-state index contributed by atoms with van der Waals surface area (Å²) in [6, 6.07) is 12.7. The first kappa shape index (κ1) is 23.4. The van der Waals surface area contributed by atoms with Gasteiger partial charge in [-0.2, -0.15) is 9.94 Å². The number of rotatable bonds is 9. The third kappa shape index (κ3) is 5.30. The van der Waals surface area contributed by atoms with Crippen molar-refractivity contribution in [3.8, 4) is 23.3 Å². The molecule has 0 bridgehead atoms. The third-order valence-corrected chi connectivity index (χ3v) is 5.91. The molecule has 0 spiro atoms. The van der Waals surface area contributed by atoms with Crippen molar-refractivity contribution < 1.29 is 14.3 Å². The summed E-state index contributed by atoms with van der Waals surface area (Å²) < 4.78 is 12.2. The quantitative estimate of drug-likeness (QED) is 0.434. The van der Waals surface area contributed by atoms with Crippen LogP contribution < -0.4 is 14.4 Å². The van der Waals surface area contributed by atoms with Gasteiger partial charge in [0.1, 0.15) is 17.2 Å². The first-order valence-electron chi connectivity index (χ1n) is 9.55. The Morgan fingerprint density at radius 1 is 1.25 bits per heavy atom. The number of aromatic nitrogens is 4. The monoisotopic (exact) mass is 472 g/mol. The van der Waals surface area contributed by atoms with Gasteiger partial charge in [0.2, 0.25) is 11.1 Å². The molecule has 0 saturated heterocycles. The summed E-state index contributed by atoms with van der Waals surface area (Å²) >= 11 is 7.30. The number of halogens is 1. The van der Waals surface area contributed by atoms with Crippen LogP contribution in [0.2, 0.25) is 5.02 Å². The zero-order valence-corrected chi connectivity index (χ0v) is 19.4. The lowest BCUT2D eigenvalue weighted by Crippen LogP contribution is -2.33. The molecule has 0 aliphatic heterocycles. The van der Waals surface area contributed by atoms with E-state index in [1.165, 1.54) is 16.4 Å². The van der Waals surface area contributed by atoms with Gasteiger partial charge in [-0.3, -0.25) is 4.79 Å². The Labute approximate surface area is 194 Å². The fraction of sp³-hybridized carbons (Fsp3) is 0.286. The molecule has 1 aromatic heterocycles. The number of nitrogens with zero attached hydrogens (tertiary/aromatic N) is 6. The molecular formula is C21H21ClN6O3S. The lowest BCUT2D eigenvalue weighted by molar-refractivity contribution is -0.116. The lowest BCUT2D eigenvalue weighted by Gasteiger charge is -2.22. The first-order valence-corrected chi connectivity index (χ1v) is 10.9. The Balaban J connectivity index is 1.82. The topological polar surface area (TPSA) is 106 Å². The summed E-state index contributed by atoms with van der Waals surface area (Å²) in [4.78, 5) is 14.6. The molecular weight excluding hydrogens is 452 g/mol. The molecule has 1 heterocycles. The fourth-order valence-corrected chi connectivity index (χ4v) is 3.82. The highest BCUT2D eigenvalue weighted by Crippen LogP contribution is 2.30. The molecule has 2 aromatic carbocycles. The molecule has 0 aliphatic rings. The number of aryl methyl sites for hydroxylation is 1. The molecule has 11 heteroatoms. The average Bonchev–Trinajstić information content (AvgIpc) is 3.28. The SMILES string of the molecule is COc1ccc(OC)c(-n2nnnc2SCC(=O)N(CCC#N)c2ccc(Cl)c(C)c2)c1. The van der Waals surface area contributed by atoms with Crippen LogP contribution >= 0.6 is 23.4 Å². The van der Waals surface area contributed by atoms with Gasteiger partial charge in [0, 0.05) is 23.3 Å². The van der Waals surface area contributed by atoms with Crippen LogP contribution in [-0.4, -0.2) is 52.6 Å². The van der Waals surface area contributed by atoms with E-state index >= 15 is 0 Å². The second kappa shape index (κ2) is 10.8. The smallest absolute Gasteiger partial charge is 0.237 e. The van der Waals surface area contributed by atoms with Crippen LogP contribution in [0, 0.1) is 18.3 Å². The minimum Gasteiger partial charge on any atom is -0.497 e. The van der Waals surface area contributed by atoms with Gasteiger partial charge in [0.25, 0.3) is 0 Å². The highest BCUT2D eigenvalue weighted by Gasteiger charge is 2.20. The molecule has 0 aliphatic carbocycles. The number of carbonyl (C=O) groups is 1. The maximum Gasteiger partial charge on any atom is 0.237 e. The van der Waals surface area contributed by atoms with Crippen molar-refractivity contribution in [1.29, 1.82) is 5.26 Å². The molecule has 0 fully saturated rings. The van der Waals surface area contributed by atoms with Gasteiger partial charge in [-0.25, -0.2) is 0 Å². The molecule has 32 heavy (non-hydrogen) atoms. The van der Waals surface area contributed by atoms with Crippen molar-refractivity contribution in [2.24, 2.45) is 0 Å². The maximum atomic E-state index is 13.1. The highest BCUT2D eigenvalue weighted by molar-refractivity contribution is 7.99. The summed E-state index contributed by atoms with van der Waals surface area (Å²) in [7, 11) is 3.11. The lowest BCUT2D eigenvalue weighted by atomic mass is 10.2. The zero-order valence-electron chi connectivity index (χ0n) is 17.8. The minimum atomic E-state index is -0.181. The molecule has 3 aromatic rings. The molecule has 9 nitrogen and oxygen atoms in total. The van der Waals surface area contributed by atoms with Gasteiger partial charge in [-0.1, -0.05) is 23.4 Å². The molecule has 0 N–H and O–H groups in total. The van der Waals surface area contributed by atoms with Gasteiger partial charge < -0.3 is 14.4 Å². The Bertz CT molecular complexity index is 1150. The normalized spacial score (nSPS) is 10.5. The Morgan fingerprint density at radius 3 is 2.75 bits per heavy atom. The van der Waals surface area contributed by atoms with Gasteiger partial charge in [-0.15, -0.1) is 5.10 Å². The van der Waals surface area contributed by atoms with E-state index in [2.05, 4.69) is 21.6 Å². The molecule has 0 radical (unpaired) electrons. The summed E-state index contributed by atoms with van der Waals surface area (Å²) in [6.45, 7) is 2.13. The number of nitriles is 1. The number of benzene rings is 2. The van der Waals surface area contributed by atoms with Gasteiger partial charge in [-0.05, 0) is 53.2 Å². The van der Waals surface area contributed by atoms with Crippen LogP contribution in [0.15, 0.2) is 41.6 Å². The van der Waals surface area contributed by atoms with Crippen LogP contribution in [0.25, 0.3) is 5.69 Å². The average molecular weight is 473 g/mol. The number of methoxy groups -OCH3 is 2. The van der Waals surface area contributed by atoms with Gasteiger partial charge in [0.05, 0.1) is 32.5 Å². The van der Waals surface area contributed by atoms with E-state index in [-0.39, 0.29) is 24.6 Å². The zero-order chi connectivity index (χ0) is 23.1. The number of thioether (sulfide) groups is 1. The Hall–Kier alpha value is -3.29. The molecule has 1 amide bonds. The predicted molar refractivity (Wildman–Crippen MR) is 122 cm³/mol. The Kier molecular flexibility index (Phi) is 7.92. The number of tetrazole rings is 1. The molecule has 0 saturated carbocycles. The van der Waals surface area contributed by atoms with Crippen molar-refractivity contribution in [2.75, 3.05) is 31.4 Å². The molecule has 0 atom stereocenters. The van der Waals surface area contributed by atoms with Gasteiger partial charge >= 0.3 is 0 Å². The molecule has 3 rings (SSSR count). The summed E-state index contributed by atoms with van der Waals surface area (Å²) in [6.07, 6.45) is 0.205. The van der Waals surface area contributed by atoms with E-state index in [1.54, 1.807) is 49.5 Å². The number of carbonyl (C=O) groups excluding carboxylic acids is 1. The number of hydrogen-bond acceptors (Lipinski definition) is 8. The van der Waals surface area contributed by atoms with E-state index in [0.717, 1.165) is 5.56 Å². The summed E-state index contributed by atoms with van der Waals surface area (Å²) in [5.74, 6) is 1.06. The molecule has 166 valence electrons. The number of anilines is 1. The number of amides is 1. The van der Waals surface area contributed by atoms with Crippen LogP contribution in [-0.2, 0) is 4.79 Å². The predicted octanol–water partition coefficient (Wildman–Crippen LogP) is 3.68. The van der Waals surface area contributed by atoms with Crippen molar-refractivity contribution in [3.05, 3.63) is 47.0 Å². The highest BCUT2D eigenvalue weighted by atomic mass is 35.5. The van der Waals surface area contributed by atoms with Crippen LogP contribution in [0.1, 0.15) is 12.0 Å². The second-order valence-electron chi connectivity index (χ2n) is 6.59. The number of hydrogen-bond donors (Lipinski definition) is 0. The minimum absolute atomic E-state index is 0.0692. The third-order valence-electron chi connectivity index (χ3n) is 4.58. The summed E-state index contributed by atoms with van der Waals surface area (Å²) in [5.41, 5.74) is 2.11. The van der Waals surface area contributed by atoms with Crippen LogP contribution in [0.4, 0.5) is 5.69 Å². The first-order chi connectivity index (χ1) is 15.5. The largest absolute Gasteiger partial charge is 0.497 e.